The molecule has 4 rings (SSSR count). The Morgan fingerprint density at radius 1 is 0.966 bits per heavy atom. The van der Waals surface area contributed by atoms with E-state index in [2.05, 4.69) is 42.6 Å². The first-order valence-electron chi connectivity index (χ1n) is 10.7. The van der Waals surface area contributed by atoms with Crippen molar-refractivity contribution in [2.24, 2.45) is 0 Å². The van der Waals surface area contributed by atoms with Crippen molar-refractivity contribution < 1.29 is 9.53 Å². The molecule has 0 saturated heterocycles. The molecule has 0 aromatic heterocycles. The molecule has 150 valence electrons. The Bertz CT molecular complexity index is 1010. The molecule has 1 aliphatic carbocycles. The fraction of sp³-hybridized carbons (Fsp3) is 0.346. The number of carbonyl (C=O) groups excluding carboxylic acids is 1. The maximum atomic E-state index is 12.8. The largest absolute Gasteiger partial charge is 0.481 e. The molecule has 1 N–H and O–H groups in total. The molecule has 1 aliphatic rings. The average molecular weight is 388 g/mol. The molecular formula is C26H29NO2. The summed E-state index contributed by atoms with van der Waals surface area (Å²) in [5, 5.41) is 5.45. The van der Waals surface area contributed by atoms with Gasteiger partial charge in [-0.1, -0.05) is 55.5 Å². The molecule has 3 aromatic rings. The van der Waals surface area contributed by atoms with Gasteiger partial charge in [0, 0.05) is 0 Å². The number of benzene rings is 3. The van der Waals surface area contributed by atoms with Gasteiger partial charge in [0.2, 0.25) is 0 Å². The van der Waals surface area contributed by atoms with Crippen LogP contribution in [0.4, 0.5) is 0 Å². The maximum absolute atomic E-state index is 12.8. The second-order valence-corrected chi connectivity index (χ2v) is 7.97. The van der Waals surface area contributed by atoms with Crippen LogP contribution < -0.4 is 10.1 Å². The van der Waals surface area contributed by atoms with Crippen LogP contribution in [0.1, 0.15) is 55.8 Å². The molecule has 0 unspecified atom stereocenters. The number of ether oxygens (including phenoxy) is 1. The number of fused-ring (bicyclic) bond motifs is 2. The minimum absolute atomic E-state index is 0.0115. The van der Waals surface area contributed by atoms with Crippen molar-refractivity contribution in [3.05, 3.63) is 77.4 Å². The van der Waals surface area contributed by atoms with Gasteiger partial charge in [-0.3, -0.25) is 4.79 Å². The summed E-state index contributed by atoms with van der Waals surface area (Å²) >= 11 is 0. The quantitative estimate of drug-likeness (QED) is 0.584. The summed E-state index contributed by atoms with van der Waals surface area (Å²) in [5.74, 6) is 0.635. The van der Waals surface area contributed by atoms with Crippen LogP contribution in [0, 0.1) is 0 Å². The molecule has 0 bridgehead atoms. The molecule has 0 saturated carbocycles. The van der Waals surface area contributed by atoms with Crippen LogP contribution in [-0.2, 0) is 17.6 Å². The van der Waals surface area contributed by atoms with Crippen molar-refractivity contribution in [2.75, 3.05) is 0 Å². The lowest BCUT2D eigenvalue weighted by Crippen LogP contribution is -2.38. The van der Waals surface area contributed by atoms with E-state index in [1.807, 2.05) is 37.3 Å². The molecule has 0 fully saturated rings. The second kappa shape index (κ2) is 8.69. The molecule has 2 atom stereocenters. The number of amides is 1. The fourth-order valence-electron chi connectivity index (χ4n) is 4.18. The van der Waals surface area contributed by atoms with Gasteiger partial charge in [-0.05, 0) is 78.6 Å². The molecule has 3 heteroatoms. The lowest BCUT2D eigenvalue weighted by atomic mass is 9.89. The van der Waals surface area contributed by atoms with Crippen molar-refractivity contribution in [3.8, 4) is 5.75 Å². The van der Waals surface area contributed by atoms with Gasteiger partial charge in [0.15, 0.2) is 6.10 Å². The third kappa shape index (κ3) is 4.45. The zero-order chi connectivity index (χ0) is 20.2. The lowest BCUT2D eigenvalue weighted by Gasteiger charge is -2.23. The SMILES string of the molecule is CC[C@@H](NC(=O)[C@H](C)Oc1ccc2ccccc2c1)c1ccc2c(c1)CCCC2. The van der Waals surface area contributed by atoms with Crippen molar-refractivity contribution in [1.82, 2.24) is 5.32 Å². The van der Waals surface area contributed by atoms with Crippen LogP contribution >= 0.6 is 0 Å². The van der Waals surface area contributed by atoms with Crippen LogP contribution in [0.3, 0.4) is 0 Å². The highest BCUT2D eigenvalue weighted by Crippen LogP contribution is 2.26. The Morgan fingerprint density at radius 3 is 2.52 bits per heavy atom. The van der Waals surface area contributed by atoms with Crippen molar-refractivity contribution in [2.45, 2.75) is 58.1 Å². The smallest absolute Gasteiger partial charge is 0.261 e. The number of aryl methyl sites for hydroxylation is 2. The molecule has 0 aliphatic heterocycles. The Hall–Kier alpha value is -2.81. The average Bonchev–Trinajstić information content (AvgIpc) is 2.76. The summed E-state index contributed by atoms with van der Waals surface area (Å²) in [5.41, 5.74) is 4.11. The van der Waals surface area contributed by atoms with Gasteiger partial charge in [-0.2, -0.15) is 0 Å². The van der Waals surface area contributed by atoms with Gasteiger partial charge in [0.25, 0.3) is 5.91 Å². The van der Waals surface area contributed by atoms with E-state index < -0.39 is 6.10 Å². The molecule has 3 nitrogen and oxygen atoms in total. The van der Waals surface area contributed by atoms with E-state index in [1.165, 1.54) is 36.0 Å². The summed E-state index contributed by atoms with van der Waals surface area (Å²) in [7, 11) is 0. The summed E-state index contributed by atoms with van der Waals surface area (Å²) < 4.78 is 5.94. The first-order chi connectivity index (χ1) is 14.1. The van der Waals surface area contributed by atoms with E-state index in [0.717, 1.165) is 23.6 Å². The highest BCUT2D eigenvalue weighted by atomic mass is 16.5. The second-order valence-electron chi connectivity index (χ2n) is 7.97. The topological polar surface area (TPSA) is 38.3 Å². The van der Waals surface area contributed by atoms with Crippen LogP contribution in [0.5, 0.6) is 5.75 Å². The number of hydrogen-bond acceptors (Lipinski definition) is 2. The monoisotopic (exact) mass is 387 g/mol. The van der Waals surface area contributed by atoms with Crippen LogP contribution in [0.15, 0.2) is 60.7 Å². The highest BCUT2D eigenvalue weighted by molar-refractivity contribution is 5.84. The molecular weight excluding hydrogens is 358 g/mol. The van der Waals surface area contributed by atoms with E-state index in [9.17, 15) is 4.79 Å². The van der Waals surface area contributed by atoms with E-state index in [1.54, 1.807) is 0 Å². The Morgan fingerprint density at radius 2 is 1.72 bits per heavy atom. The summed E-state index contributed by atoms with van der Waals surface area (Å²) in [4.78, 5) is 12.8. The predicted octanol–water partition coefficient (Wildman–Crippen LogP) is 5.75. The van der Waals surface area contributed by atoms with Crippen LogP contribution in [0.25, 0.3) is 10.8 Å². The Labute approximate surface area is 173 Å². The van der Waals surface area contributed by atoms with Crippen LogP contribution in [-0.4, -0.2) is 12.0 Å². The standard InChI is InChI=1S/C26H29NO2/c1-3-25(23-13-12-19-8-4-6-10-21(19)16-23)27-26(28)18(2)29-24-15-14-20-9-5-7-11-22(20)17-24/h5,7,9,11-18,25H,3-4,6,8,10H2,1-2H3,(H,27,28)/t18-,25+/m0/s1. The highest BCUT2D eigenvalue weighted by Gasteiger charge is 2.20. The van der Waals surface area contributed by atoms with Crippen LogP contribution in [0.2, 0.25) is 0 Å². The summed E-state index contributed by atoms with van der Waals surface area (Å²) in [6.45, 7) is 3.92. The van der Waals surface area contributed by atoms with Gasteiger partial charge in [0.05, 0.1) is 6.04 Å². The molecule has 3 aromatic carbocycles. The minimum atomic E-state index is -0.553. The summed E-state index contributed by atoms with van der Waals surface area (Å²) in [6, 6.07) is 20.8. The zero-order valence-corrected chi connectivity index (χ0v) is 17.3. The molecule has 1 amide bonds. The molecule has 0 heterocycles. The molecule has 0 spiro atoms. The van der Waals surface area contributed by atoms with Gasteiger partial charge < -0.3 is 10.1 Å². The molecule has 29 heavy (non-hydrogen) atoms. The van der Waals surface area contributed by atoms with E-state index in [0.29, 0.717) is 5.75 Å². The number of nitrogens with one attached hydrogen (secondary N) is 1. The molecule has 0 radical (unpaired) electrons. The number of carbonyl (C=O) groups is 1. The maximum Gasteiger partial charge on any atom is 0.261 e. The van der Waals surface area contributed by atoms with Gasteiger partial charge in [0.1, 0.15) is 5.75 Å². The van der Waals surface area contributed by atoms with Crippen molar-refractivity contribution >= 4 is 16.7 Å². The lowest BCUT2D eigenvalue weighted by molar-refractivity contribution is -0.128. The van der Waals surface area contributed by atoms with E-state index in [4.69, 9.17) is 4.74 Å². The zero-order valence-electron chi connectivity index (χ0n) is 17.3. The van der Waals surface area contributed by atoms with Crippen molar-refractivity contribution in [1.29, 1.82) is 0 Å². The van der Waals surface area contributed by atoms with E-state index >= 15 is 0 Å². The van der Waals surface area contributed by atoms with Gasteiger partial charge >= 0.3 is 0 Å². The third-order valence-corrected chi connectivity index (χ3v) is 5.90. The first-order valence-corrected chi connectivity index (χ1v) is 10.7. The van der Waals surface area contributed by atoms with Gasteiger partial charge in [-0.25, -0.2) is 0 Å². The normalized spacial score (nSPS) is 15.4. The Balaban J connectivity index is 1.43. The minimum Gasteiger partial charge on any atom is -0.481 e. The van der Waals surface area contributed by atoms with Gasteiger partial charge in [-0.15, -0.1) is 0 Å². The van der Waals surface area contributed by atoms with Crippen molar-refractivity contribution in [3.63, 3.8) is 0 Å². The number of hydrogen-bond donors (Lipinski definition) is 1. The van der Waals surface area contributed by atoms with E-state index in [-0.39, 0.29) is 11.9 Å². The number of rotatable bonds is 6. The predicted molar refractivity (Wildman–Crippen MR) is 118 cm³/mol. The summed E-state index contributed by atoms with van der Waals surface area (Å²) in [6.07, 6.45) is 5.17. The fourth-order valence-corrected chi connectivity index (χ4v) is 4.18. The Kier molecular flexibility index (Phi) is 5.84. The first kappa shape index (κ1) is 19.5. The third-order valence-electron chi connectivity index (χ3n) is 5.90.